The molecule has 2 heterocycles. The Hall–Kier alpha value is -3.32. The van der Waals surface area contributed by atoms with Gasteiger partial charge in [0.15, 0.2) is 0 Å². The maximum atomic E-state index is 12.7. The first-order valence-electron chi connectivity index (χ1n) is 8.83. The van der Waals surface area contributed by atoms with E-state index in [2.05, 4.69) is 20.8 Å². The second-order valence-electron chi connectivity index (χ2n) is 6.42. The van der Waals surface area contributed by atoms with Crippen molar-refractivity contribution in [3.63, 3.8) is 0 Å². The van der Waals surface area contributed by atoms with Crippen LogP contribution in [0.3, 0.4) is 0 Å². The van der Waals surface area contributed by atoms with Gasteiger partial charge in [0.25, 0.3) is 5.91 Å². The van der Waals surface area contributed by atoms with Crippen LogP contribution in [0.25, 0.3) is 11.3 Å². The topological polar surface area (TPSA) is 90.1 Å². The second-order valence-corrected chi connectivity index (χ2v) is 6.82. The first kappa shape index (κ1) is 18.1. The molecular weight excluding hydrogens is 378 g/mol. The van der Waals surface area contributed by atoms with Gasteiger partial charge in [0.05, 0.1) is 34.7 Å². The third-order valence-corrected chi connectivity index (χ3v) is 4.83. The second kappa shape index (κ2) is 7.74. The van der Waals surface area contributed by atoms with Gasteiger partial charge < -0.3 is 15.5 Å². The van der Waals surface area contributed by atoms with E-state index in [1.807, 2.05) is 41.3 Å². The number of halogens is 1. The minimum absolute atomic E-state index is 0.0342. The van der Waals surface area contributed by atoms with Gasteiger partial charge in [-0.1, -0.05) is 41.9 Å². The smallest absolute Gasteiger partial charge is 0.259 e. The largest absolute Gasteiger partial charge is 0.359 e. The molecule has 3 N–H and O–H groups in total. The predicted octanol–water partition coefficient (Wildman–Crippen LogP) is 2.92. The highest BCUT2D eigenvalue weighted by molar-refractivity contribution is 6.33. The highest BCUT2D eigenvalue weighted by Gasteiger charge is 2.20. The number of benzene rings is 2. The summed E-state index contributed by atoms with van der Waals surface area (Å²) in [6.07, 6.45) is 1.50. The molecule has 4 rings (SSSR count). The molecule has 0 atom stereocenters. The number of carbonyl (C=O) groups excluding carboxylic acids is 2. The molecule has 0 saturated carbocycles. The van der Waals surface area contributed by atoms with Crippen LogP contribution in [0.4, 0.5) is 11.4 Å². The Kier molecular flexibility index (Phi) is 4.99. The summed E-state index contributed by atoms with van der Waals surface area (Å²) in [5.41, 5.74) is 3.31. The lowest BCUT2D eigenvalue weighted by Crippen LogP contribution is -2.47. The zero-order valence-corrected chi connectivity index (χ0v) is 15.7. The molecule has 1 fully saturated rings. The number of anilines is 2. The van der Waals surface area contributed by atoms with Crippen LogP contribution in [0.15, 0.2) is 54.7 Å². The number of hydrogen-bond donors (Lipinski definition) is 3. The highest BCUT2D eigenvalue weighted by Crippen LogP contribution is 2.30. The quantitative estimate of drug-likeness (QED) is 0.633. The van der Waals surface area contributed by atoms with Gasteiger partial charge in [-0.05, 0) is 18.2 Å². The van der Waals surface area contributed by atoms with Crippen molar-refractivity contribution in [2.24, 2.45) is 0 Å². The first-order chi connectivity index (χ1) is 13.6. The molecule has 0 bridgehead atoms. The van der Waals surface area contributed by atoms with E-state index >= 15 is 0 Å². The summed E-state index contributed by atoms with van der Waals surface area (Å²) in [6, 6.07) is 14.8. The van der Waals surface area contributed by atoms with E-state index in [0.717, 1.165) is 11.3 Å². The minimum atomic E-state index is -0.284. The van der Waals surface area contributed by atoms with Crippen LogP contribution in [0.1, 0.15) is 10.4 Å². The van der Waals surface area contributed by atoms with Gasteiger partial charge in [0, 0.05) is 24.3 Å². The standard InChI is InChI=1S/C20H18ClN5O2/c21-16-10-14(6-7-17(16)26-9-8-22-18(27)12-26)24-20(28)15-11-23-25-19(15)13-4-2-1-3-5-13/h1-7,10-11H,8-9,12H2,(H,22,27)(H,23,25)(H,24,28). The number of aromatic amines is 1. The number of carbonyl (C=O) groups is 2. The Labute approximate surface area is 166 Å². The van der Waals surface area contributed by atoms with Crippen LogP contribution in [-0.4, -0.2) is 41.6 Å². The van der Waals surface area contributed by atoms with Crippen LogP contribution >= 0.6 is 11.6 Å². The molecule has 28 heavy (non-hydrogen) atoms. The average Bonchev–Trinajstić information content (AvgIpc) is 3.19. The van der Waals surface area contributed by atoms with Crippen molar-refractivity contribution in [2.45, 2.75) is 0 Å². The average molecular weight is 396 g/mol. The Bertz CT molecular complexity index is 1020. The molecule has 1 aliphatic heterocycles. The predicted molar refractivity (Wildman–Crippen MR) is 109 cm³/mol. The minimum Gasteiger partial charge on any atom is -0.359 e. The molecule has 0 spiro atoms. The lowest BCUT2D eigenvalue weighted by molar-refractivity contribution is -0.120. The number of nitrogens with one attached hydrogen (secondary N) is 3. The number of hydrogen-bond acceptors (Lipinski definition) is 4. The zero-order chi connectivity index (χ0) is 19.5. The summed E-state index contributed by atoms with van der Waals surface area (Å²) in [5.74, 6) is -0.318. The first-order valence-corrected chi connectivity index (χ1v) is 9.21. The molecule has 0 radical (unpaired) electrons. The van der Waals surface area contributed by atoms with E-state index < -0.39 is 0 Å². The van der Waals surface area contributed by atoms with E-state index in [1.165, 1.54) is 6.20 Å². The van der Waals surface area contributed by atoms with E-state index in [4.69, 9.17) is 11.6 Å². The number of aromatic nitrogens is 2. The molecule has 2 amide bonds. The normalized spacial score (nSPS) is 13.9. The fraction of sp³-hybridized carbons (Fsp3) is 0.150. The van der Waals surface area contributed by atoms with Gasteiger partial charge >= 0.3 is 0 Å². The summed E-state index contributed by atoms with van der Waals surface area (Å²) >= 11 is 6.40. The summed E-state index contributed by atoms with van der Waals surface area (Å²) in [6.45, 7) is 1.53. The fourth-order valence-electron chi connectivity index (χ4n) is 3.17. The zero-order valence-electron chi connectivity index (χ0n) is 14.9. The third kappa shape index (κ3) is 3.70. The van der Waals surface area contributed by atoms with Crippen LogP contribution in [0.5, 0.6) is 0 Å². The molecule has 7 nitrogen and oxygen atoms in total. The Balaban J connectivity index is 1.52. The molecular formula is C20H18ClN5O2. The van der Waals surface area contributed by atoms with Gasteiger partial charge in [-0.25, -0.2) is 0 Å². The van der Waals surface area contributed by atoms with Crippen molar-refractivity contribution in [1.82, 2.24) is 15.5 Å². The van der Waals surface area contributed by atoms with E-state index in [-0.39, 0.29) is 18.4 Å². The lowest BCUT2D eigenvalue weighted by Gasteiger charge is -2.29. The summed E-state index contributed by atoms with van der Waals surface area (Å²) < 4.78 is 0. The summed E-state index contributed by atoms with van der Waals surface area (Å²) in [4.78, 5) is 26.2. The van der Waals surface area contributed by atoms with Crippen LogP contribution in [-0.2, 0) is 4.79 Å². The van der Waals surface area contributed by atoms with Crippen LogP contribution in [0, 0.1) is 0 Å². The monoisotopic (exact) mass is 395 g/mol. The number of amides is 2. The highest BCUT2D eigenvalue weighted by atomic mass is 35.5. The van der Waals surface area contributed by atoms with Crippen molar-refractivity contribution in [3.05, 3.63) is 65.3 Å². The molecule has 0 unspecified atom stereocenters. The molecule has 3 aromatic rings. The van der Waals surface area contributed by atoms with Gasteiger partial charge in [-0.15, -0.1) is 0 Å². The third-order valence-electron chi connectivity index (χ3n) is 4.53. The van der Waals surface area contributed by atoms with E-state index in [9.17, 15) is 9.59 Å². The number of rotatable bonds is 4. The molecule has 0 aliphatic carbocycles. The maximum Gasteiger partial charge on any atom is 0.259 e. The van der Waals surface area contributed by atoms with Gasteiger partial charge in [0.2, 0.25) is 5.91 Å². The van der Waals surface area contributed by atoms with Crippen molar-refractivity contribution in [1.29, 1.82) is 0 Å². The lowest BCUT2D eigenvalue weighted by atomic mass is 10.1. The van der Waals surface area contributed by atoms with E-state index in [0.29, 0.717) is 35.1 Å². The maximum absolute atomic E-state index is 12.7. The van der Waals surface area contributed by atoms with E-state index in [1.54, 1.807) is 12.1 Å². The Morgan fingerprint density at radius 1 is 1.18 bits per heavy atom. The van der Waals surface area contributed by atoms with Gasteiger partial charge in [-0.3, -0.25) is 14.7 Å². The molecule has 1 aromatic heterocycles. The molecule has 1 saturated heterocycles. The van der Waals surface area contributed by atoms with Crippen LogP contribution in [0.2, 0.25) is 5.02 Å². The Morgan fingerprint density at radius 3 is 2.75 bits per heavy atom. The summed E-state index contributed by atoms with van der Waals surface area (Å²) in [7, 11) is 0. The molecule has 1 aliphatic rings. The van der Waals surface area contributed by atoms with Crippen LogP contribution < -0.4 is 15.5 Å². The molecule has 8 heteroatoms. The van der Waals surface area contributed by atoms with Gasteiger partial charge in [0.1, 0.15) is 0 Å². The molecule has 142 valence electrons. The summed E-state index contributed by atoms with van der Waals surface area (Å²) in [5, 5.41) is 13.0. The number of nitrogens with zero attached hydrogens (tertiary/aromatic N) is 2. The number of piperazine rings is 1. The van der Waals surface area contributed by atoms with Crippen molar-refractivity contribution < 1.29 is 9.59 Å². The Morgan fingerprint density at radius 2 is 2.00 bits per heavy atom. The SMILES string of the molecule is O=C1CN(c2ccc(NC(=O)c3cn[nH]c3-c3ccccc3)cc2Cl)CCN1. The van der Waals surface area contributed by atoms with Crippen molar-refractivity contribution >= 4 is 34.8 Å². The van der Waals surface area contributed by atoms with Crippen molar-refractivity contribution in [3.8, 4) is 11.3 Å². The van der Waals surface area contributed by atoms with Crippen molar-refractivity contribution in [2.75, 3.05) is 29.9 Å². The molecule has 2 aromatic carbocycles. The van der Waals surface area contributed by atoms with Gasteiger partial charge in [-0.2, -0.15) is 5.10 Å². The fourth-order valence-corrected chi connectivity index (χ4v) is 3.47. The number of H-pyrrole nitrogens is 1.